The number of guanidine groups is 1. The number of benzene rings is 1. The Balaban J connectivity index is 1.81. The Bertz CT molecular complexity index is 582. The minimum absolute atomic E-state index is 0.377. The Hall–Kier alpha value is -2.05. The summed E-state index contributed by atoms with van der Waals surface area (Å²) in [5.74, 6) is 1.33. The fourth-order valence-electron chi connectivity index (χ4n) is 3.02. The van der Waals surface area contributed by atoms with Crippen LogP contribution in [-0.4, -0.2) is 42.2 Å². The zero-order valence-electron chi connectivity index (χ0n) is 12.9. The molecule has 1 aromatic carbocycles. The van der Waals surface area contributed by atoms with Crippen molar-refractivity contribution in [3.05, 3.63) is 47.8 Å². The van der Waals surface area contributed by atoms with Gasteiger partial charge < -0.3 is 27.0 Å². The average Bonchev–Trinajstić information content (AvgIpc) is 2.47. The van der Waals surface area contributed by atoms with E-state index in [1.165, 1.54) is 0 Å². The topological polar surface area (TPSA) is 91.7 Å². The van der Waals surface area contributed by atoms with Crippen molar-refractivity contribution in [1.29, 1.82) is 0 Å². The molecule has 0 bridgehead atoms. The first kappa shape index (κ1) is 14.9. The molecule has 6 heteroatoms. The SMILES string of the molecule is C[C@H]1CN(C2=CC(N)(Cc3ccccc3)N=C(N)N2)CCN1. The van der Waals surface area contributed by atoms with E-state index in [1.807, 2.05) is 24.3 Å². The fraction of sp³-hybridized carbons (Fsp3) is 0.438. The van der Waals surface area contributed by atoms with Crippen molar-refractivity contribution < 1.29 is 0 Å². The second kappa shape index (κ2) is 5.98. The van der Waals surface area contributed by atoms with Gasteiger partial charge >= 0.3 is 0 Å². The second-order valence-corrected chi connectivity index (χ2v) is 6.11. The van der Waals surface area contributed by atoms with E-state index in [0.29, 0.717) is 18.4 Å². The highest BCUT2D eigenvalue weighted by atomic mass is 15.3. The van der Waals surface area contributed by atoms with Crippen LogP contribution in [-0.2, 0) is 6.42 Å². The Morgan fingerprint density at radius 3 is 2.86 bits per heavy atom. The van der Waals surface area contributed by atoms with Crippen molar-refractivity contribution in [1.82, 2.24) is 15.5 Å². The van der Waals surface area contributed by atoms with Crippen LogP contribution in [0.3, 0.4) is 0 Å². The maximum Gasteiger partial charge on any atom is 0.196 e. The molecule has 6 nitrogen and oxygen atoms in total. The maximum absolute atomic E-state index is 6.49. The average molecular weight is 300 g/mol. The molecule has 2 atom stereocenters. The van der Waals surface area contributed by atoms with Gasteiger partial charge in [0.1, 0.15) is 11.5 Å². The maximum atomic E-state index is 6.49. The molecule has 6 N–H and O–H groups in total. The predicted octanol–water partition coefficient (Wildman–Crippen LogP) is -0.0629. The minimum Gasteiger partial charge on any atom is -0.370 e. The molecule has 2 aliphatic heterocycles. The number of nitrogens with two attached hydrogens (primary N) is 2. The van der Waals surface area contributed by atoms with Crippen molar-refractivity contribution in [3.63, 3.8) is 0 Å². The molecule has 0 saturated carbocycles. The summed E-state index contributed by atoms with van der Waals surface area (Å²) in [5, 5.41) is 6.59. The number of rotatable bonds is 3. The number of aliphatic imine (C=N–C) groups is 1. The molecule has 0 amide bonds. The second-order valence-electron chi connectivity index (χ2n) is 6.11. The molecule has 1 saturated heterocycles. The van der Waals surface area contributed by atoms with Crippen molar-refractivity contribution in [2.24, 2.45) is 16.5 Å². The summed E-state index contributed by atoms with van der Waals surface area (Å²) >= 11 is 0. The predicted molar refractivity (Wildman–Crippen MR) is 88.9 cm³/mol. The molecule has 0 radical (unpaired) electrons. The van der Waals surface area contributed by atoms with Gasteiger partial charge in [-0.25, -0.2) is 4.99 Å². The van der Waals surface area contributed by atoms with Crippen LogP contribution in [0.5, 0.6) is 0 Å². The summed E-state index contributed by atoms with van der Waals surface area (Å²) in [6, 6.07) is 10.6. The number of piperazine rings is 1. The smallest absolute Gasteiger partial charge is 0.196 e. The largest absolute Gasteiger partial charge is 0.370 e. The molecule has 2 heterocycles. The molecule has 0 aliphatic carbocycles. The van der Waals surface area contributed by atoms with Gasteiger partial charge in [-0.05, 0) is 18.6 Å². The van der Waals surface area contributed by atoms with Crippen LogP contribution in [0.4, 0.5) is 0 Å². The standard InChI is InChI=1S/C16H24N6/c1-12-11-22(8-7-19-12)14-10-16(18,21-15(17)20-14)9-13-5-3-2-4-6-13/h2-6,10,12,19H,7-9,11,18H2,1H3,(H3,17,20,21)/t12-,16?/m0/s1. The van der Waals surface area contributed by atoms with E-state index >= 15 is 0 Å². The summed E-state index contributed by atoms with van der Waals surface area (Å²) in [7, 11) is 0. The van der Waals surface area contributed by atoms with Gasteiger partial charge in [-0.2, -0.15) is 0 Å². The first-order valence-electron chi connectivity index (χ1n) is 7.70. The quantitative estimate of drug-likeness (QED) is 0.627. The highest BCUT2D eigenvalue weighted by Crippen LogP contribution is 2.20. The van der Waals surface area contributed by atoms with Crippen molar-refractivity contribution in [2.45, 2.75) is 25.0 Å². The van der Waals surface area contributed by atoms with Gasteiger partial charge in [0.15, 0.2) is 5.96 Å². The van der Waals surface area contributed by atoms with Crippen LogP contribution in [0.2, 0.25) is 0 Å². The summed E-state index contributed by atoms with van der Waals surface area (Å²) in [4.78, 5) is 6.69. The van der Waals surface area contributed by atoms with Crippen LogP contribution in [0.25, 0.3) is 0 Å². The van der Waals surface area contributed by atoms with Crippen molar-refractivity contribution >= 4 is 5.96 Å². The van der Waals surface area contributed by atoms with Crippen molar-refractivity contribution in [2.75, 3.05) is 19.6 Å². The third kappa shape index (κ3) is 3.40. The third-order valence-corrected chi connectivity index (χ3v) is 4.01. The number of nitrogens with one attached hydrogen (secondary N) is 2. The molecule has 0 spiro atoms. The fourth-order valence-corrected chi connectivity index (χ4v) is 3.02. The number of hydrogen-bond donors (Lipinski definition) is 4. The lowest BCUT2D eigenvalue weighted by molar-refractivity contribution is 0.243. The number of nitrogens with zero attached hydrogens (tertiary/aromatic N) is 2. The summed E-state index contributed by atoms with van der Waals surface area (Å²) in [6.45, 7) is 4.98. The minimum atomic E-state index is -0.805. The molecule has 1 aromatic rings. The zero-order valence-corrected chi connectivity index (χ0v) is 12.9. The zero-order chi connectivity index (χ0) is 15.6. The number of hydrogen-bond acceptors (Lipinski definition) is 6. The molecule has 1 unspecified atom stereocenters. The van der Waals surface area contributed by atoms with E-state index in [9.17, 15) is 0 Å². The normalized spacial score (nSPS) is 28.6. The summed E-state index contributed by atoms with van der Waals surface area (Å²) < 4.78 is 0. The van der Waals surface area contributed by atoms with E-state index in [1.54, 1.807) is 0 Å². The lowest BCUT2D eigenvalue weighted by Gasteiger charge is -2.38. The molecule has 0 aromatic heterocycles. The Morgan fingerprint density at radius 1 is 1.36 bits per heavy atom. The van der Waals surface area contributed by atoms with E-state index in [-0.39, 0.29) is 0 Å². The third-order valence-electron chi connectivity index (χ3n) is 4.01. The van der Waals surface area contributed by atoms with E-state index in [0.717, 1.165) is 31.0 Å². The Morgan fingerprint density at radius 2 is 2.14 bits per heavy atom. The van der Waals surface area contributed by atoms with Crippen LogP contribution >= 0.6 is 0 Å². The van der Waals surface area contributed by atoms with Crippen LogP contribution < -0.4 is 22.1 Å². The molecule has 1 fully saturated rings. The van der Waals surface area contributed by atoms with E-state index in [4.69, 9.17) is 11.5 Å². The molecular weight excluding hydrogens is 276 g/mol. The Kier molecular flexibility index (Phi) is 4.04. The highest BCUT2D eigenvalue weighted by Gasteiger charge is 2.30. The molecule has 22 heavy (non-hydrogen) atoms. The van der Waals surface area contributed by atoms with E-state index in [2.05, 4.69) is 39.6 Å². The van der Waals surface area contributed by atoms with Gasteiger partial charge in [0.25, 0.3) is 0 Å². The van der Waals surface area contributed by atoms with E-state index < -0.39 is 5.66 Å². The van der Waals surface area contributed by atoms with Gasteiger partial charge in [-0.3, -0.25) is 0 Å². The first-order valence-corrected chi connectivity index (χ1v) is 7.70. The highest BCUT2D eigenvalue weighted by molar-refractivity contribution is 5.81. The molecule has 3 rings (SSSR count). The van der Waals surface area contributed by atoms with Crippen LogP contribution in [0, 0.1) is 0 Å². The van der Waals surface area contributed by atoms with Gasteiger partial charge in [0.2, 0.25) is 0 Å². The lowest BCUT2D eigenvalue weighted by Crippen LogP contribution is -2.55. The van der Waals surface area contributed by atoms with Crippen LogP contribution in [0.15, 0.2) is 47.2 Å². The Labute approximate surface area is 131 Å². The van der Waals surface area contributed by atoms with Gasteiger partial charge in [0.05, 0.1) is 0 Å². The van der Waals surface area contributed by atoms with Gasteiger partial charge in [0, 0.05) is 32.1 Å². The monoisotopic (exact) mass is 300 g/mol. The van der Waals surface area contributed by atoms with Gasteiger partial charge in [-0.15, -0.1) is 0 Å². The first-order chi connectivity index (χ1) is 10.5. The van der Waals surface area contributed by atoms with Crippen molar-refractivity contribution in [3.8, 4) is 0 Å². The summed E-state index contributed by atoms with van der Waals surface area (Å²) in [5.41, 5.74) is 12.8. The van der Waals surface area contributed by atoms with Crippen LogP contribution in [0.1, 0.15) is 12.5 Å². The van der Waals surface area contributed by atoms with Gasteiger partial charge in [-0.1, -0.05) is 30.3 Å². The summed E-state index contributed by atoms with van der Waals surface area (Å²) in [6.07, 6.45) is 2.62. The molecule has 118 valence electrons. The molecule has 2 aliphatic rings. The lowest BCUT2D eigenvalue weighted by atomic mass is 9.99. The molecular formula is C16H24N6.